The topological polar surface area (TPSA) is 134 Å². The van der Waals surface area contributed by atoms with Crippen LogP contribution in [0.1, 0.15) is 335 Å². The number of esters is 2. The summed E-state index contributed by atoms with van der Waals surface area (Å²) in [6.07, 6.45) is 123. The average molecular weight is 1390 g/mol. The number of phosphoric ester groups is 1. The fourth-order valence-corrected chi connectivity index (χ4v) is 11.7. The molecule has 0 aromatic carbocycles. The highest BCUT2D eigenvalue weighted by Crippen LogP contribution is 2.43. The predicted octanol–water partition coefficient (Wildman–Crippen LogP) is 27.4. The van der Waals surface area contributed by atoms with E-state index in [0.717, 1.165) is 135 Å². The maximum absolute atomic E-state index is 12.8. The Morgan fingerprint density at radius 2 is 0.525 bits per heavy atom. The first kappa shape index (κ1) is 94.1. The zero-order valence-corrected chi connectivity index (χ0v) is 64.3. The lowest BCUT2D eigenvalue weighted by Crippen LogP contribution is -2.29. The largest absolute Gasteiger partial charge is 0.472 e. The monoisotopic (exact) mass is 1390 g/mol. The van der Waals surface area contributed by atoms with Crippen LogP contribution in [0, 0.1) is 0 Å². The van der Waals surface area contributed by atoms with Gasteiger partial charge in [-0.3, -0.25) is 18.6 Å². The number of unbranched alkanes of at least 4 members (excludes halogenated alkanes) is 31. The SMILES string of the molecule is CC/C=C\C/C=C\C/C=C\C/C=C\C/C=C\C/C=C\C/C=C\C/C=C\CCCCCCCCCCCCCCCCCCC(=O)OC(COC(=O)CCCCCCCCCCCCCCCCC/C=C\C/C=C\C/C=C\C/C=C\C/C=C\C/C=C\C/C=C\CC)COP(=O)(O)OCCN. The van der Waals surface area contributed by atoms with E-state index >= 15 is 0 Å². The van der Waals surface area contributed by atoms with Gasteiger partial charge in [0.2, 0.25) is 0 Å². The van der Waals surface area contributed by atoms with Crippen molar-refractivity contribution in [1.82, 2.24) is 0 Å². The van der Waals surface area contributed by atoms with Gasteiger partial charge < -0.3 is 20.1 Å². The second-order valence-electron chi connectivity index (χ2n) is 26.2. The van der Waals surface area contributed by atoms with Gasteiger partial charge in [-0.2, -0.15) is 0 Å². The van der Waals surface area contributed by atoms with Gasteiger partial charge in [0, 0.05) is 19.4 Å². The molecule has 0 aliphatic heterocycles. The second-order valence-corrected chi connectivity index (χ2v) is 27.6. The van der Waals surface area contributed by atoms with Crippen molar-refractivity contribution in [2.45, 2.75) is 341 Å². The van der Waals surface area contributed by atoms with Gasteiger partial charge in [0.15, 0.2) is 6.10 Å². The number of hydrogen-bond donors (Lipinski definition) is 2. The minimum absolute atomic E-state index is 0.0479. The molecule has 0 spiro atoms. The molecule has 0 bridgehead atoms. The molecule has 3 N–H and O–H groups in total. The summed E-state index contributed by atoms with van der Waals surface area (Å²) in [5, 5.41) is 0. The molecule has 0 aliphatic rings. The van der Waals surface area contributed by atoms with Crippen molar-refractivity contribution >= 4 is 19.8 Å². The number of ether oxygens (including phenoxy) is 2. The summed E-state index contributed by atoms with van der Waals surface area (Å²) in [5.74, 6) is -0.825. The number of rotatable bonds is 74. The Bertz CT molecular complexity index is 2290. The highest BCUT2D eigenvalue weighted by atomic mass is 31.2. The zero-order valence-electron chi connectivity index (χ0n) is 63.4. The van der Waals surface area contributed by atoms with Crippen molar-refractivity contribution in [3.8, 4) is 0 Å². The molecule has 0 aromatic rings. The van der Waals surface area contributed by atoms with Gasteiger partial charge in [0.25, 0.3) is 0 Å². The third kappa shape index (κ3) is 82.0. The number of phosphoric acid groups is 1. The van der Waals surface area contributed by atoms with Crippen LogP contribution in [-0.2, 0) is 32.7 Å². The Balaban J connectivity index is 3.86. The molecule has 0 amide bonds. The Morgan fingerprint density at radius 3 is 0.778 bits per heavy atom. The molecule has 0 saturated heterocycles. The van der Waals surface area contributed by atoms with Crippen LogP contribution in [0.4, 0.5) is 0 Å². The molecule has 0 aromatic heterocycles. The Hall–Kier alpha value is -4.89. The summed E-state index contributed by atoms with van der Waals surface area (Å²) in [4.78, 5) is 35.5. The highest BCUT2D eigenvalue weighted by molar-refractivity contribution is 7.47. The van der Waals surface area contributed by atoms with E-state index < -0.39 is 26.5 Å². The molecule has 0 fully saturated rings. The van der Waals surface area contributed by atoms with Gasteiger partial charge in [0.1, 0.15) is 6.61 Å². The van der Waals surface area contributed by atoms with Crippen LogP contribution in [0.2, 0.25) is 0 Å². The first-order chi connectivity index (χ1) is 48.8. The summed E-state index contributed by atoms with van der Waals surface area (Å²) >= 11 is 0. The first-order valence-corrected chi connectivity index (χ1v) is 41.8. The molecule has 2 unspecified atom stereocenters. The molecule has 0 rings (SSSR count). The summed E-state index contributed by atoms with van der Waals surface area (Å²) in [6, 6.07) is 0. The van der Waals surface area contributed by atoms with Gasteiger partial charge in [0.05, 0.1) is 13.2 Å². The Labute approximate surface area is 609 Å². The van der Waals surface area contributed by atoms with Crippen molar-refractivity contribution < 1.29 is 37.6 Å². The molecule has 0 radical (unpaired) electrons. The van der Waals surface area contributed by atoms with E-state index in [2.05, 4.69) is 196 Å². The van der Waals surface area contributed by atoms with Crippen LogP contribution in [-0.4, -0.2) is 49.3 Å². The van der Waals surface area contributed by atoms with Crippen LogP contribution in [0.3, 0.4) is 0 Å². The number of carbonyl (C=O) groups excluding carboxylic acids is 2. The van der Waals surface area contributed by atoms with E-state index in [1.54, 1.807) is 0 Å². The van der Waals surface area contributed by atoms with Gasteiger partial charge in [-0.15, -0.1) is 0 Å². The minimum Gasteiger partial charge on any atom is -0.462 e. The van der Waals surface area contributed by atoms with E-state index in [1.807, 2.05) is 0 Å². The lowest BCUT2D eigenvalue weighted by Gasteiger charge is -2.19. The fraction of sp³-hybridized carbons (Fsp3) is 0.640. The van der Waals surface area contributed by atoms with Crippen molar-refractivity contribution in [3.63, 3.8) is 0 Å². The predicted molar refractivity (Wildman–Crippen MR) is 431 cm³/mol. The van der Waals surface area contributed by atoms with Crippen molar-refractivity contribution in [1.29, 1.82) is 0 Å². The van der Waals surface area contributed by atoms with Crippen molar-refractivity contribution in [2.24, 2.45) is 5.73 Å². The first-order valence-electron chi connectivity index (χ1n) is 40.3. The van der Waals surface area contributed by atoms with Crippen LogP contribution < -0.4 is 5.73 Å². The molecule has 0 heterocycles. The van der Waals surface area contributed by atoms with Crippen LogP contribution in [0.5, 0.6) is 0 Å². The molecule has 9 nitrogen and oxygen atoms in total. The molecular weight excluding hydrogens is 1240 g/mol. The van der Waals surface area contributed by atoms with E-state index in [-0.39, 0.29) is 38.6 Å². The number of hydrogen-bond acceptors (Lipinski definition) is 8. The fourth-order valence-electron chi connectivity index (χ4n) is 10.9. The van der Waals surface area contributed by atoms with Gasteiger partial charge in [-0.05, 0) is 135 Å². The molecule has 0 saturated carbocycles. The van der Waals surface area contributed by atoms with Crippen LogP contribution in [0.15, 0.2) is 182 Å². The zero-order chi connectivity index (χ0) is 71.5. The Morgan fingerprint density at radius 1 is 0.303 bits per heavy atom. The normalized spacial score (nSPS) is 13.9. The van der Waals surface area contributed by atoms with Crippen molar-refractivity contribution in [3.05, 3.63) is 182 Å². The highest BCUT2D eigenvalue weighted by Gasteiger charge is 2.26. The van der Waals surface area contributed by atoms with Crippen LogP contribution in [0.25, 0.3) is 0 Å². The third-order valence-corrected chi connectivity index (χ3v) is 17.8. The lowest BCUT2D eigenvalue weighted by molar-refractivity contribution is -0.161. The summed E-state index contributed by atoms with van der Waals surface area (Å²) in [6.45, 7) is 3.53. The standard InChI is InChI=1S/C89H148NO8P/c1-3-5-7-9-11-13-15-17-19-21-23-25-27-29-31-33-35-37-39-41-42-43-44-46-48-50-52-54-56-58-60-62-64-66-68-70-72-74-76-78-80-82-89(92)98-87(86-97-99(93,94)96-84-83-90)85-95-88(91)81-79-77-75-73-71-69-67-65-63-61-59-57-55-53-51-49-47-45-40-38-36-34-32-30-28-26-24-22-20-18-16-14-12-10-8-6-4-2/h5-8,11-14,17-20,23-26,29-32,35-38,41-42,44-47,87H,3-4,9-10,15-16,21-22,27-28,33-34,39-40,43,48-86,90H2,1-2H3,(H,93,94)/b7-5-,8-6-,13-11-,14-12-,19-17-,20-18-,25-23-,26-24-,31-29-,32-30-,37-35-,38-36-,42-41-,46-44-,47-45-. The van der Waals surface area contributed by atoms with Gasteiger partial charge in [-0.25, -0.2) is 4.57 Å². The van der Waals surface area contributed by atoms with E-state index in [0.29, 0.717) is 6.42 Å². The molecular formula is C89H148NO8P. The maximum Gasteiger partial charge on any atom is 0.472 e. The minimum atomic E-state index is -4.41. The number of nitrogens with two attached hydrogens (primary N) is 1. The molecule has 0 aliphatic carbocycles. The second kappa shape index (κ2) is 82.1. The number of allylic oxidation sites excluding steroid dienone is 30. The molecule has 10 heteroatoms. The molecule has 99 heavy (non-hydrogen) atoms. The smallest absolute Gasteiger partial charge is 0.462 e. The summed E-state index contributed by atoms with van der Waals surface area (Å²) in [5.41, 5.74) is 5.42. The third-order valence-electron chi connectivity index (χ3n) is 16.8. The Kier molecular flexibility index (Phi) is 78.0. The van der Waals surface area contributed by atoms with E-state index in [9.17, 15) is 19.0 Å². The molecule has 2 atom stereocenters. The maximum atomic E-state index is 12.8. The van der Waals surface area contributed by atoms with E-state index in [1.165, 1.54) is 167 Å². The quantitative estimate of drug-likeness (QED) is 0.0264. The number of carbonyl (C=O) groups is 2. The van der Waals surface area contributed by atoms with Crippen LogP contribution >= 0.6 is 7.82 Å². The summed E-state index contributed by atoms with van der Waals surface area (Å²) in [7, 11) is -4.41. The van der Waals surface area contributed by atoms with Gasteiger partial charge >= 0.3 is 19.8 Å². The van der Waals surface area contributed by atoms with Gasteiger partial charge in [-0.1, -0.05) is 369 Å². The van der Waals surface area contributed by atoms with Crippen molar-refractivity contribution in [2.75, 3.05) is 26.4 Å². The lowest BCUT2D eigenvalue weighted by atomic mass is 10.0. The summed E-state index contributed by atoms with van der Waals surface area (Å²) < 4.78 is 33.3. The average Bonchev–Trinajstić information content (AvgIpc) is 1.19. The molecule has 562 valence electrons. The van der Waals surface area contributed by atoms with E-state index in [4.69, 9.17) is 24.3 Å².